The van der Waals surface area contributed by atoms with Crippen LogP contribution in [0.4, 0.5) is 0 Å². The van der Waals surface area contributed by atoms with E-state index in [1.54, 1.807) is 23.7 Å². The van der Waals surface area contributed by atoms with Gasteiger partial charge >= 0.3 is 0 Å². The molecule has 1 aromatic rings. The van der Waals surface area contributed by atoms with Crippen LogP contribution in [0.25, 0.3) is 0 Å². The van der Waals surface area contributed by atoms with Crippen LogP contribution in [0.1, 0.15) is 24.2 Å². The van der Waals surface area contributed by atoms with Crippen LogP contribution in [0.5, 0.6) is 0 Å². The number of thioether (sulfide) groups is 1. The molecule has 0 atom stereocenters. The van der Waals surface area contributed by atoms with E-state index in [0.29, 0.717) is 12.1 Å². The molecular weight excluding hydrogens is 258 g/mol. The van der Waals surface area contributed by atoms with E-state index in [9.17, 15) is 4.79 Å². The highest BCUT2D eigenvalue weighted by Crippen LogP contribution is 2.24. The number of carbonyl (C=O) groups is 1. The third kappa shape index (κ3) is 5.09. The van der Waals surface area contributed by atoms with Gasteiger partial charge in [0.2, 0.25) is 0 Å². The summed E-state index contributed by atoms with van der Waals surface area (Å²) in [5.74, 6) is 0.811. The Hall–Kier alpha value is -1.26. The van der Waals surface area contributed by atoms with Crippen LogP contribution >= 0.6 is 11.8 Å². The van der Waals surface area contributed by atoms with Gasteiger partial charge in [-0.3, -0.25) is 4.79 Å². The maximum atomic E-state index is 12.2. The average molecular weight is 279 g/mol. The van der Waals surface area contributed by atoms with Gasteiger partial charge in [0, 0.05) is 24.2 Å². The lowest BCUT2D eigenvalue weighted by atomic mass is 10.2. The van der Waals surface area contributed by atoms with E-state index in [-0.39, 0.29) is 12.5 Å². The van der Waals surface area contributed by atoms with Crippen molar-refractivity contribution in [1.82, 2.24) is 4.90 Å². The normalized spacial score (nSPS) is 10.1. The van der Waals surface area contributed by atoms with Gasteiger partial charge in [-0.2, -0.15) is 0 Å². The summed E-state index contributed by atoms with van der Waals surface area (Å²) >= 11 is 1.65. The molecule has 0 aliphatic carbocycles. The van der Waals surface area contributed by atoms with Crippen LogP contribution in [-0.4, -0.2) is 41.9 Å². The fourth-order valence-corrected chi connectivity index (χ4v) is 2.61. The van der Waals surface area contributed by atoms with Crippen molar-refractivity contribution < 1.29 is 9.90 Å². The molecular formula is C15H21NO2S. The van der Waals surface area contributed by atoms with Gasteiger partial charge < -0.3 is 10.0 Å². The molecule has 1 amide bonds. The van der Waals surface area contributed by atoms with E-state index in [1.165, 1.54) is 5.57 Å². The van der Waals surface area contributed by atoms with Gasteiger partial charge in [0.1, 0.15) is 0 Å². The Kier molecular flexibility index (Phi) is 6.67. The van der Waals surface area contributed by atoms with Crippen LogP contribution in [0.2, 0.25) is 0 Å². The van der Waals surface area contributed by atoms with Crippen molar-refractivity contribution in [2.45, 2.75) is 18.7 Å². The largest absolute Gasteiger partial charge is 0.395 e. The minimum absolute atomic E-state index is 0.0185. The molecule has 0 saturated carbocycles. The van der Waals surface area contributed by atoms with Gasteiger partial charge in [-0.05, 0) is 26.0 Å². The van der Waals surface area contributed by atoms with Crippen LogP contribution in [0.3, 0.4) is 0 Å². The molecule has 104 valence electrons. The molecule has 4 heteroatoms. The molecule has 0 bridgehead atoms. The van der Waals surface area contributed by atoms with E-state index in [2.05, 4.69) is 19.9 Å². The lowest BCUT2D eigenvalue weighted by Gasteiger charge is -2.17. The highest BCUT2D eigenvalue weighted by atomic mass is 32.2. The molecule has 0 aromatic heterocycles. The van der Waals surface area contributed by atoms with Gasteiger partial charge in [-0.1, -0.05) is 23.8 Å². The smallest absolute Gasteiger partial charge is 0.254 e. The van der Waals surface area contributed by atoms with Gasteiger partial charge in [-0.15, -0.1) is 11.8 Å². The second-order valence-electron chi connectivity index (χ2n) is 4.54. The molecule has 0 aliphatic rings. The number of likely N-dealkylation sites (N-methyl/N-ethyl adjacent to an activating group) is 1. The number of nitrogens with zero attached hydrogens (tertiary/aromatic N) is 1. The first-order valence-corrected chi connectivity index (χ1v) is 7.26. The van der Waals surface area contributed by atoms with E-state index >= 15 is 0 Å². The van der Waals surface area contributed by atoms with E-state index in [0.717, 1.165) is 10.6 Å². The van der Waals surface area contributed by atoms with Crippen molar-refractivity contribution in [3.63, 3.8) is 0 Å². The second kappa shape index (κ2) is 8.02. The molecule has 0 radical (unpaired) electrons. The van der Waals surface area contributed by atoms with E-state index in [4.69, 9.17) is 5.11 Å². The number of aliphatic hydroxyl groups is 1. The van der Waals surface area contributed by atoms with Crippen LogP contribution in [0, 0.1) is 0 Å². The van der Waals surface area contributed by atoms with Crippen molar-refractivity contribution in [2.24, 2.45) is 0 Å². The van der Waals surface area contributed by atoms with E-state index < -0.39 is 0 Å². The number of aliphatic hydroxyl groups excluding tert-OH is 1. The van der Waals surface area contributed by atoms with Crippen LogP contribution < -0.4 is 0 Å². The Bertz CT molecular complexity index is 453. The average Bonchev–Trinajstić information content (AvgIpc) is 2.38. The van der Waals surface area contributed by atoms with E-state index in [1.807, 2.05) is 24.3 Å². The van der Waals surface area contributed by atoms with Gasteiger partial charge in [0.05, 0.1) is 12.2 Å². The summed E-state index contributed by atoms with van der Waals surface area (Å²) in [7, 11) is 1.70. The lowest BCUT2D eigenvalue weighted by molar-refractivity contribution is 0.0763. The highest BCUT2D eigenvalue weighted by Gasteiger charge is 2.14. The molecule has 0 unspecified atom stereocenters. The number of allylic oxidation sites excluding steroid dienone is 1. The lowest BCUT2D eigenvalue weighted by Crippen LogP contribution is -2.29. The summed E-state index contributed by atoms with van der Waals surface area (Å²) in [6.07, 6.45) is 2.14. The zero-order valence-corrected chi connectivity index (χ0v) is 12.5. The fraction of sp³-hybridized carbons (Fsp3) is 0.400. The molecule has 19 heavy (non-hydrogen) atoms. The standard InChI is InChI=1S/C15H21NO2S/c1-12(2)8-11-19-14-7-5-4-6-13(14)15(18)16(3)9-10-17/h4-8,17H,9-11H2,1-3H3. The molecule has 0 saturated heterocycles. The zero-order chi connectivity index (χ0) is 14.3. The molecule has 1 aromatic carbocycles. The molecule has 1 N–H and O–H groups in total. The first kappa shape index (κ1) is 15.8. The quantitative estimate of drug-likeness (QED) is 0.643. The number of benzene rings is 1. The second-order valence-corrected chi connectivity index (χ2v) is 5.60. The Morgan fingerprint density at radius 2 is 2.05 bits per heavy atom. The summed E-state index contributed by atoms with van der Waals surface area (Å²) < 4.78 is 0. The highest BCUT2D eigenvalue weighted by molar-refractivity contribution is 7.99. The SMILES string of the molecule is CC(C)=CCSc1ccccc1C(=O)N(C)CCO. The maximum Gasteiger partial charge on any atom is 0.254 e. The predicted molar refractivity (Wildman–Crippen MR) is 80.6 cm³/mol. The number of hydrogen-bond donors (Lipinski definition) is 1. The Morgan fingerprint density at radius 3 is 2.68 bits per heavy atom. The van der Waals surface area contributed by atoms with Gasteiger partial charge in [0.25, 0.3) is 5.91 Å². The van der Waals surface area contributed by atoms with Crippen molar-refractivity contribution in [3.05, 3.63) is 41.5 Å². The molecule has 0 heterocycles. The number of rotatable bonds is 6. The van der Waals surface area contributed by atoms with Gasteiger partial charge in [0.15, 0.2) is 0 Å². The summed E-state index contributed by atoms with van der Waals surface area (Å²) in [5, 5.41) is 8.90. The Balaban J connectivity index is 2.83. The number of carbonyl (C=O) groups excluding carboxylic acids is 1. The third-order valence-corrected chi connectivity index (χ3v) is 3.63. The molecule has 0 aliphatic heterocycles. The van der Waals surface area contributed by atoms with Crippen LogP contribution in [0.15, 0.2) is 40.8 Å². The zero-order valence-electron chi connectivity index (χ0n) is 11.7. The summed E-state index contributed by atoms with van der Waals surface area (Å²) in [4.78, 5) is 14.8. The molecule has 0 fully saturated rings. The number of amides is 1. The summed E-state index contributed by atoms with van der Waals surface area (Å²) in [6, 6.07) is 7.60. The maximum absolute atomic E-state index is 12.2. The first-order valence-electron chi connectivity index (χ1n) is 6.27. The van der Waals surface area contributed by atoms with Crippen molar-refractivity contribution in [1.29, 1.82) is 0 Å². The number of hydrogen-bond acceptors (Lipinski definition) is 3. The van der Waals surface area contributed by atoms with Crippen LogP contribution in [-0.2, 0) is 0 Å². The summed E-state index contributed by atoms with van der Waals surface area (Å²) in [5.41, 5.74) is 1.97. The molecule has 1 rings (SSSR count). The Labute approximate surface area is 119 Å². The first-order chi connectivity index (χ1) is 9.06. The van der Waals surface area contributed by atoms with Gasteiger partial charge in [-0.25, -0.2) is 0 Å². The predicted octanol–water partition coefficient (Wildman–Crippen LogP) is 2.81. The van der Waals surface area contributed by atoms with Crippen molar-refractivity contribution in [3.8, 4) is 0 Å². The minimum Gasteiger partial charge on any atom is -0.395 e. The topological polar surface area (TPSA) is 40.5 Å². The summed E-state index contributed by atoms with van der Waals surface area (Å²) in [6.45, 7) is 4.46. The fourth-order valence-electron chi connectivity index (χ4n) is 1.52. The monoisotopic (exact) mass is 279 g/mol. The third-order valence-electron chi connectivity index (χ3n) is 2.63. The minimum atomic E-state index is -0.0469. The molecule has 3 nitrogen and oxygen atoms in total. The van der Waals surface area contributed by atoms with Crippen molar-refractivity contribution >= 4 is 17.7 Å². The Morgan fingerprint density at radius 1 is 1.37 bits per heavy atom. The van der Waals surface area contributed by atoms with Crippen molar-refractivity contribution in [2.75, 3.05) is 26.0 Å². The molecule has 0 spiro atoms.